The molecule has 3 aromatic heterocycles. The second-order valence-electron chi connectivity index (χ2n) is 6.41. The Balaban J connectivity index is 1.74. The van der Waals surface area contributed by atoms with Crippen molar-refractivity contribution in [3.8, 4) is 22.5 Å². The van der Waals surface area contributed by atoms with Gasteiger partial charge in [-0.15, -0.1) is 0 Å². The number of nitrogens with zero attached hydrogens (tertiary/aromatic N) is 4. The lowest BCUT2D eigenvalue weighted by molar-refractivity contribution is 0.697. The lowest BCUT2D eigenvalue weighted by Crippen LogP contribution is -2.04. The summed E-state index contributed by atoms with van der Waals surface area (Å²) in [6.45, 7) is 4.95. The van der Waals surface area contributed by atoms with Gasteiger partial charge in [-0.1, -0.05) is 30.3 Å². The van der Waals surface area contributed by atoms with E-state index in [9.17, 15) is 0 Å². The van der Waals surface area contributed by atoms with Crippen LogP contribution in [0.5, 0.6) is 0 Å². The predicted molar refractivity (Wildman–Crippen MR) is 103 cm³/mol. The first kappa shape index (κ1) is 16.3. The van der Waals surface area contributed by atoms with Crippen LogP contribution in [0.25, 0.3) is 22.5 Å². The van der Waals surface area contributed by atoms with Crippen LogP contribution in [0.15, 0.2) is 61.2 Å². The second-order valence-corrected chi connectivity index (χ2v) is 6.41. The summed E-state index contributed by atoms with van der Waals surface area (Å²) in [4.78, 5) is 9.02. The first-order valence-electron chi connectivity index (χ1n) is 8.75. The summed E-state index contributed by atoms with van der Waals surface area (Å²) in [5.41, 5.74) is 7.74. The van der Waals surface area contributed by atoms with Gasteiger partial charge in [0.25, 0.3) is 0 Å². The summed E-state index contributed by atoms with van der Waals surface area (Å²) in [5, 5.41) is 7.37. The first-order chi connectivity index (χ1) is 12.7. The molecule has 26 heavy (non-hydrogen) atoms. The molecular weight excluding hydrogens is 322 g/mol. The maximum Gasteiger partial charge on any atom is 0.0963 e. The summed E-state index contributed by atoms with van der Waals surface area (Å²) in [6.07, 6.45) is 6.53. The van der Waals surface area contributed by atoms with Crippen LogP contribution in [0.2, 0.25) is 0 Å². The van der Waals surface area contributed by atoms with Gasteiger partial charge in [-0.25, -0.2) is 4.98 Å². The summed E-state index contributed by atoms with van der Waals surface area (Å²) < 4.78 is 2.21. The zero-order chi connectivity index (χ0) is 17.9. The van der Waals surface area contributed by atoms with E-state index in [1.54, 1.807) is 6.20 Å². The minimum absolute atomic E-state index is 0.839. The quantitative estimate of drug-likeness (QED) is 0.591. The SMILES string of the molecule is Cc1n[nH]c(C)c1CCn1cnc(-c2ccccc2)c1-c1cccnc1. The van der Waals surface area contributed by atoms with Gasteiger partial charge in [0, 0.05) is 35.8 Å². The van der Waals surface area contributed by atoms with Crippen LogP contribution in [0.1, 0.15) is 17.0 Å². The van der Waals surface area contributed by atoms with Crippen molar-refractivity contribution in [2.75, 3.05) is 0 Å². The Hall–Kier alpha value is -3.21. The van der Waals surface area contributed by atoms with Crippen molar-refractivity contribution in [2.24, 2.45) is 0 Å². The predicted octanol–water partition coefficient (Wildman–Crippen LogP) is 4.19. The van der Waals surface area contributed by atoms with Crippen LogP contribution < -0.4 is 0 Å². The number of hydrogen-bond donors (Lipinski definition) is 1. The number of rotatable bonds is 5. The molecule has 4 rings (SSSR count). The molecule has 0 spiro atoms. The third-order valence-electron chi connectivity index (χ3n) is 4.70. The molecule has 5 nitrogen and oxygen atoms in total. The smallest absolute Gasteiger partial charge is 0.0963 e. The number of pyridine rings is 1. The van der Waals surface area contributed by atoms with Crippen molar-refractivity contribution in [3.63, 3.8) is 0 Å². The second kappa shape index (κ2) is 6.96. The van der Waals surface area contributed by atoms with Crippen LogP contribution in [-0.4, -0.2) is 24.7 Å². The third kappa shape index (κ3) is 3.04. The molecule has 0 amide bonds. The highest BCUT2D eigenvalue weighted by Crippen LogP contribution is 2.31. The highest BCUT2D eigenvalue weighted by molar-refractivity contribution is 5.78. The molecular formula is C21H21N5. The molecule has 0 aliphatic heterocycles. The standard InChI is InChI=1S/C21H21N5/c1-15-19(16(2)25-24-15)10-12-26-14-23-20(17-7-4-3-5-8-17)21(26)18-9-6-11-22-13-18/h3-9,11,13-14H,10,12H2,1-2H3,(H,24,25). The van der Waals surface area contributed by atoms with E-state index >= 15 is 0 Å². The van der Waals surface area contributed by atoms with Gasteiger partial charge >= 0.3 is 0 Å². The van der Waals surface area contributed by atoms with Crippen LogP contribution >= 0.6 is 0 Å². The maximum absolute atomic E-state index is 4.72. The average molecular weight is 343 g/mol. The minimum atomic E-state index is 0.839. The number of H-pyrrole nitrogens is 1. The number of hydrogen-bond acceptors (Lipinski definition) is 3. The van der Waals surface area contributed by atoms with E-state index in [4.69, 9.17) is 4.98 Å². The molecule has 0 bridgehead atoms. The van der Waals surface area contributed by atoms with Crippen LogP contribution in [0.4, 0.5) is 0 Å². The van der Waals surface area contributed by atoms with Crippen molar-refractivity contribution in [3.05, 3.63) is 78.1 Å². The molecule has 0 atom stereocenters. The van der Waals surface area contributed by atoms with E-state index in [1.165, 1.54) is 5.56 Å². The molecule has 3 heterocycles. The molecule has 0 fully saturated rings. The Morgan fingerprint density at radius 2 is 1.81 bits per heavy atom. The summed E-state index contributed by atoms with van der Waals surface area (Å²) in [5.74, 6) is 0. The Labute approximate surface area is 152 Å². The van der Waals surface area contributed by atoms with Gasteiger partial charge in [-0.05, 0) is 38.0 Å². The van der Waals surface area contributed by atoms with Gasteiger partial charge in [0.2, 0.25) is 0 Å². The number of benzene rings is 1. The number of nitrogens with one attached hydrogen (secondary N) is 1. The Morgan fingerprint density at radius 1 is 1.00 bits per heavy atom. The highest BCUT2D eigenvalue weighted by Gasteiger charge is 2.16. The van der Waals surface area contributed by atoms with E-state index in [-0.39, 0.29) is 0 Å². The minimum Gasteiger partial charge on any atom is -0.330 e. The molecule has 0 aliphatic carbocycles. The van der Waals surface area contributed by atoms with Crippen molar-refractivity contribution < 1.29 is 0 Å². The van der Waals surface area contributed by atoms with E-state index in [1.807, 2.05) is 43.7 Å². The number of aromatic nitrogens is 5. The Bertz CT molecular complexity index is 980. The number of imidazole rings is 1. The van der Waals surface area contributed by atoms with Crippen molar-refractivity contribution >= 4 is 0 Å². The first-order valence-corrected chi connectivity index (χ1v) is 8.75. The topological polar surface area (TPSA) is 59.4 Å². The fourth-order valence-electron chi connectivity index (χ4n) is 3.34. The Kier molecular flexibility index (Phi) is 4.35. The van der Waals surface area contributed by atoms with Crippen molar-refractivity contribution in [1.29, 1.82) is 0 Å². The lowest BCUT2D eigenvalue weighted by Gasteiger charge is -2.11. The molecule has 5 heteroatoms. The zero-order valence-corrected chi connectivity index (χ0v) is 15.0. The van der Waals surface area contributed by atoms with E-state index in [2.05, 4.69) is 44.9 Å². The number of aromatic amines is 1. The van der Waals surface area contributed by atoms with Gasteiger partial charge in [-0.2, -0.15) is 5.10 Å². The molecule has 4 aromatic rings. The average Bonchev–Trinajstić information content (AvgIpc) is 3.25. The van der Waals surface area contributed by atoms with Crippen LogP contribution in [0, 0.1) is 13.8 Å². The molecule has 0 aliphatic rings. The normalized spacial score (nSPS) is 11.0. The maximum atomic E-state index is 4.72. The Morgan fingerprint density at radius 3 is 2.50 bits per heavy atom. The fraction of sp³-hybridized carbons (Fsp3) is 0.190. The van der Waals surface area contributed by atoms with Gasteiger partial charge in [-0.3, -0.25) is 10.1 Å². The molecule has 0 radical (unpaired) electrons. The van der Waals surface area contributed by atoms with E-state index < -0.39 is 0 Å². The summed E-state index contributed by atoms with van der Waals surface area (Å²) in [6, 6.07) is 14.3. The third-order valence-corrected chi connectivity index (χ3v) is 4.70. The molecule has 1 N–H and O–H groups in total. The van der Waals surface area contributed by atoms with Gasteiger partial charge in [0.05, 0.1) is 23.4 Å². The van der Waals surface area contributed by atoms with Crippen molar-refractivity contribution in [2.45, 2.75) is 26.8 Å². The van der Waals surface area contributed by atoms with Gasteiger partial charge in [0.15, 0.2) is 0 Å². The van der Waals surface area contributed by atoms with Gasteiger partial charge < -0.3 is 4.57 Å². The monoisotopic (exact) mass is 343 g/mol. The molecule has 0 unspecified atom stereocenters. The molecule has 130 valence electrons. The molecule has 0 saturated carbocycles. The fourth-order valence-corrected chi connectivity index (χ4v) is 3.34. The van der Waals surface area contributed by atoms with Crippen LogP contribution in [0.3, 0.4) is 0 Å². The van der Waals surface area contributed by atoms with E-state index in [0.29, 0.717) is 0 Å². The largest absolute Gasteiger partial charge is 0.330 e. The van der Waals surface area contributed by atoms with Crippen molar-refractivity contribution in [1.82, 2.24) is 24.7 Å². The summed E-state index contributed by atoms with van der Waals surface area (Å²) in [7, 11) is 0. The number of aryl methyl sites for hydroxylation is 3. The zero-order valence-electron chi connectivity index (χ0n) is 15.0. The van der Waals surface area contributed by atoms with E-state index in [0.717, 1.165) is 46.9 Å². The highest BCUT2D eigenvalue weighted by atomic mass is 15.1. The lowest BCUT2D eigenvalue weighted by atomic mass is 10.1. The molecule has 0 saturated heterocycles. The van der Waals surface area contributed by atoms with Gasteiger partial charge in [0.1, 0.15) is 0 Å². The molecule has 1 aromatic carbocycles. The van der Waals surface area contributed by atoms with Crippen LogP contribution in [-0.2, 0) is 13.0 Å². The summed E-state index contributed by atoms with van der Waals surface area (Å²) >= 11 is 0.